The summed E-state index contributed by atoms with van der Waals surface area (Å²) in [5, 5.41) is 4.25. The largest absolute Gasteiger partial charge is 0.379 e. The Morgan fingerprint density at radius 2 is 1.86 bits per heavy atom. The number of hydrogen-bond donors (Lipinski definition) is 1. The van der Waals surface area contributed by atoms with E-state index in [0.29, 0.717) is 11.2 Å². The van der Waals surface area contributed by atoms with Crippen LogP contribution in [0.3, 0.4) is 0 Å². The molecule has 3 rings (SSSR count). The van der Waals surface area contributed by atoms with Gasteiger partial charge in [0.2, 0.25) is 0 Å². The summed E-state index contributed by atoms with van der Waals surface area (Å²) in [6.45, 7) is 12.4. The van der Waals surface area contributed by atoms with E-state index < -0.39 is 0 Å². The highest BCUT2D eigenvalue weighted by atomic mass is 127. The van der Waals surface area contributed by atoms with E-state index in [2.05, 4.69) is 70.0 Å². The van der Waals surface area contributed by atoms with Crippen LogP contribution in [-0.2, 0) is 17.8 Å². The zero-order valence-electron chi connectivity index (χ0n) is 17.4. The van der Waals surface area contributed by atoms with Crippen LogP contribution in [0.4, 0.5) is 0 Å². The number of morpholine rings is 1. The predicted molar refractivity (Wildman–Crippen MR) is 131 cm³/mol. The fraction of sp³-hybridized carbons (Fsp3) is 0.667. The normalized spacial score (nSPS) is 21.5. The zero-order valence-corrected chi connectivity index (χ0v) is 20.5. The number of rotatable bonds is 5. The molecule has 1 atom stereocenters. The number of nitrogens with one attached hydrogen (secondary N) is 1. The Morgan fingerprint density at radius 3 is 2.50 bits per heavy atom. The monoisotopic (exact) mass is 518 g/mol. The molecule has 2 heterocycles. The molecular formula is C21H35IN4OS. The van der Waals surface area contributed by atoms with Gasteiger partial charge in [-0.15, -0.1) is 24.0 Å². The molecule has 1 N–H and O–H groups in total. The van der Waals surface area contributed by atoms with Crippen molar-refractivity contribution in [3.8, 4) is 0 Å². The third-order valence-corrected chi connectivity index (χ3v) is 6.87. The van der Waals surface area contributed by atoms with Gasteiger partial charge in [-0.2, -0.15) is 11.8 Å². The Labute approximate surface area is 191 Å². The molecule has 28 heavy (non-hydrogen) atoms. The standard InChI is InChI=1S/C21H34N4OS.HI/c1-17(2)20-16-25(10-13-27-20)21(22-3)23-14-18-4-6-19(7-5-18)15-24-8-11-26-12-9-24;/h4-7,17,20H,8-16H2,1-3H3,(H,22,23);1H. The van der Waals surface area contributed by atoms with E-state index >= 15 is 0 Å². The summed E-state index contributed by atoms with van der Waals surface area (Å²) in [6.07, 6.45) is 0. The molecule has 0 amide bonds. The maximum absolute atomic E-state index is 5.42. The molecule has 5 nitrogen and oxygen atoms in total. The van der Waals surface area contributed by atoms with Gasteiger partial charge in [0.05, 0.1) is 13.2 Å². The van der Waals surface area contributed by atoms with Crippen LogP contribution in [0.25, 0.3) is 0 Å². The third kappa shape index (κ3) is 7.07. The van der Waals surface area contributed by atoms with Crippen LogP contribution in [0, 0.1) is 5.92 Å². The second-order valence-corrected chi connectivity index (χ2v) is 9.05. The number of benzene rings is 1. The fourth-order valence-corrected chi connectivity index (χ4v) is 4.86. The predicted octanol–water partition coefficient (Wildman–Crippen LogP) is 3.29. The summed E-state index contributed by atoms with van der Waals surface area (Å²) in [4.78, 5) is 9.39. The number of hydrogen-bond acceptors (Lipinski definition) is 4. The summed E-state index contributed by atoms with van der Waals surface area (Å²) in [5.41, 5.74) is 2.67. The van der Waals surface area contributed by atoms with Crippen molar-refractivity contribution in [2.45, 2.75) is 32.2 Å². The lowest BCUT2D eigenvalue weighted by Gasteiger charge is -2.36. The number of ether oxygens (including phenoxy) is 1. The van der Waals surface area contributed by atoms with E-state index in [1.807, 2.05) is 7.05 Å². The molecule has 0 spiro atoms. The molecule has 0 aliphatic carbocycles. The van der Waals surface area contributed by atoms with Gasteiger partial charge in [-0.05, 0) is 17.0 Å². The zero-order chi connectivity index (χ0) is 19.1. The maximum atomic E-state index is 5.42. The van der Waals surface area contributed by atoms with Gasteiger partial charge >= 0.3 is 0 Å². The van der Waals surface area contributed by atoms with Crippen LogP contribution >= 0.6 is 35.7 Å². The first-order valence-corrected chi connectivity index (χ1v) is 11.2. The highest BCUT2D eigenvalue weighted by molar-refractivity contribution is 14.0. The van der Waals surface area contributed by atoms with Crippen molar-refractivity contribution in [2.75, 3.05) is 52.2 Å². The Morgan fingerprint density at radius 1 is 1.18 bits per heavy atom. The Hall–Kier alpha value is -0.510. The molecule has 1 unspecified atom stereocenters. The second-order valence-electron chi connectivity index (χ2n) is 7.71. The maximum Gasteiger partial charge on any atom is 0.193 e. The number of aliphatic imine (C=N–C) groups is 1. The molecule has 2 saturated heterocycles. The van der Waals surface area contributed by atoms with Gasteiger partial charge in [-0.25, -0.2) is 0 Å². The quantitative estimate of drug-likeness (QED) is 0.368. The molecule has 2 aliphatic heterocycles. The van der Waals surface area contributed by atoms with Crippen molar-refractivity contribution in [1.82, 2.24) is 15.1 Å². The molecule has 2 fully saturated rings. The summed E-state index contributed by atoms with van der Waals surface area (Å²) in [6, 6.07) is 8.97. The first kappa shape index (κ1) is 23.8. The van der Waals surface area contributed by atoms with Gasteiger partial charge in [-0.1, -0.05) is 38.1 Å². The van der Waals surface area contributed by atoms with Crippen molar-refractivity contribution in [3.05, 3.63) is 35.4 Å². The lowest BCUT2D eigenvalue weighted by molar-refractivity contribution is 0.0342. The van der Waals surface area contributed by atoms with Crippen LogP contribution in [0.1, 0.15) is 25.0 Å². The van der Waals surface area contributed by atoms with Crippen molar-refractivity contribution >= 4 is 41.7 Å². The smallest absolute Gasteiger partial charge is 0.193 e. The van der Waals surface area contributed by atoms with Crippen LogP contribution in [0.5, 0.6) is 0 Å². The van der Waals surface area contributed by atoms with E-state index in [-0.39, 0.29) is 24.0 Å². The van der Waals surface area contributed by atoms with E-state index in [9.17, 15) is 0 Å². The molecule has 1 aromatic rings. The summed E-state index contributed by atoms with van der Waals surface area (Å²) in [5.74, 6) is 2.91. The first-order valence-electron chi connectivity index (χ1n) is 10.1. The van der Waals surface area contributed by atoms with E-state index in [0.717, 1.165) is 58.4 Å². The average molecular weight is 519 g/mol. The van der Waals surface area contributed by atoms with Crippen molar-refractivity contribution in [3.63, 3.8) is 0 Å². The number of guanidine groups is 1. The first-order chi connectivity index (χ1) is 13.2. The molecule has 1 aromatic carbocycles. The van der Waals surface area contributed by atoms with Crippen LogP contribution in [0.15, 0.2) is 29.3 Å². The van der Waals surface area contributed by atoms with Gasteiger partial charge in [0, 0.05) is 57.3 Å². The average Bonchev–Trinajstić information content (AvgIpc) is 2.71. The van der Waals surface area contributed by atoms with E-state index in [4.69, 9.17) is 4.74 Å². The van der Waals surface area contributed by atoms with E-state index in [1.54, 1.807) is 0 Å². The van der Waals surface area contributed by atoms with Crippen LogP contribution < -0.4 is 5.32 Å². The number of nitrogens with zero attached hydrogens (tertiary/aromatic N) is 3. The minimum atomic E-state index is 0. The highest BCUT2D eigenvalue weighted by Crippen LogP contribution is 2.24. The molecule has 0 bridgehead atoms. The molecular weight excluding hydrogens is 483 g/mol. The van der Waals surface area contributed by atoms with Gasteiger partial charge in [0.25, 0.3) is 0 Å². The fourth-order valence-electron chi connectivity index (χ4n) is 3.56. The molecule has 158 valence electrons. The Kier molecular flexibility index (Phi) is 10.4. The lowest BCUT2D eigenvalue weighted by Crippen LogP contribution is -2.48. The molecule has 2 aliphatic rings. The van der Waals surface area contributed by atoms with Crippen LogP contribution in [-0.4, -0.2) is 73.2 Å². The molecule has 0 saturated carbocycles. The topological polar surface area (TPSA) is 40.1 Å². The molecule has 0 radical (unpaired) electrons. The molecule has 0 aromatic heterocycles. The Bertz CT molecular complexity index is 605. The minimum Gasteiger partial charge on any atom is -0.379 e. The summed E-state index contributed by atoms with van der Waals surface area (Å²) >= 11 is 2.10. The summed E-state index contributed by atoms with van der Waals surface area (Å²) < 4.78 is 5.42. The summed E-state index contributed by atoms with van der Waals surface area (Å²) in [7, 11) is 1.89. The van der Waals surface area contributed by atoms with Gasteiger partial charge in [-0.3, -0.25) is 9.89 Å². The molecule has 7 heteroatoms. The van der Waals surface area contributed by atoms with Crippen molar-refractivity contribution in [2.24, 2.45) is 10.9 Å². The van der Waals surface area contributed by atoms with Crippen molar-refractivity contribution in [1.29, 1.82) is 0 Å². The highest BCUT2D eigenvalue weighted by Gasteiger charge is 2.24. The SMILES string of the molecule is CN=C(NCc1ccc(CN2CCOCC2)cc1)N1CCSC(C(C)C)C1.I. The van der Waals surface area contributed by atoms with Crippen LogP contribution in [0.2, 0.25) is 0 Å². The second kappa shape index (κ2) is 12.2. The number of thioether (sulfide) groups is 1. The van der Waals surface area contributed by atoms with Gasteiger partial charge < -0.3 is 15.0 Å². The Balaban J connectivity index is 0.00000280. The third-order valence-electron chi connectivity index (χ3n) is 5.33. The number of halogens is 1. The minimum absolute atomic E-state index is 0. The lowest BCUT2D eigenvalue weighted by atomic mass is 10.1. The van der Waals surface area contributed by atoms with E-state index in [1.165, 1.54) is 16.9 Å². The van der Waals surface area contributed by atoms with Crippen molar-refractivity contribution < 1.29 is 4.74 Å². The van der Waals surface area contributed by atoms with Gasteiger partial charge in [0.1, 0.15) is 0 Å². The van der Waals surface area contributed by atoms with Gasteiger partial charge in [0.15, 0.2) is 5.96 Å².